The van der Waals surface area contributed by atoms with Gasteiger partial charge in [0.1, 0.15) is 10.6 Å². The Morgan fingerprint density at radius 3 is 2.21 bits per heavy atom. The predicted molar refractivity (Wildman–Crippen MR) is 116 cm³/mol. The lowest BCUT2D eigenvalue weighted by molar-refractivity contribution is 0.485. The minimum Gasteiger partial charge on any atom is -0.378 e. The molecule has 0 heterocycles. The van der Waals surface area contributed by atoms with E-state index < -0.39 is 10.1 Å². The minimum atomic E-state index is -4.00. The summed E-state index contributed by atoms with van der Waals surface area (Å²) in [7, 11) is -4.00. The van der Waals surface area contributed by atoms with Gasteiger partial charge in [-0.25, -0.2) is 0 Å². The van der Waals surface area contributed by atoms with Crippen LogP contribution in [-0.4, -0.2) is 8.42 Å². The monoisotopic (exact) mass is 517 g/mol. The Balaban J connectivity index is 2.04. The van der Waals surface area contributed by atoms with Crippen molar-refractivity contribution in [2.24, 2.45) is 0 Å². The lowest BCUT2D eigenvalue weighted by atomic mass is 10.0. The lowest BCUT2D eigenvalue weighted by Crippen LogP contribution is -2.10. The molecule has 0 bridgehead atoms. The van der Waals surface area contributed by atoms with E-state index in [1.807, 2.05) is 12.1 Å². The summed E-state index contributed by atoms with van der Waals surface area (Å²) >= 11 is 6.74. The molecular weight excluding hydrogens is 506 g/mol. The maximum absolute atomic E-state index is 12.6. The maximum Gasteiger partial charge on any atom is 0.339 e. The van der Waals surface area contributed by atoms with Crippen molar-refractivity contribution < 1.29 is 12.6 Å². The summed E-state index contributed by atoms with van der Waals surface area (Å²) in [6.45, 7) is 0. The standard InChI is InChI=1S/C21H13Br2NO3S/c22-18-8-6-15(7-9-18)17(14-24)12-16-13-19(23)10-11-21(16)27-28(25,26)20-4-2-1-3-5-20/h1-13H/b17-12+. The number of halogens is 2. The third-order valence-electron chi connectivity index (χ3n) is 3.78. The Morgan fingerprint density at radius 2 is 1.57 bits per heavy atom. The van der Waals surface area contributed by atoms with Gasteiger partial charge in [0.15, 0.2) is 0 Å². The van der Waals surface area contributed by atoms with Crippen molar-refractivity contribution in [2.75, 3.05) is 0 Å². The molecule has 0 aromatic heterocycles. The highest BCUT2D eigenvalue weighted by Gasteiger charge is 2.18. The molecule has 0 radical (unpaired) electrons. The molecule has 0 amide bonds. The highest BCUT2D eigenvalue weighted by molar-refractivity contribution is 9.10. The Morgan fingerprint density at radius 1 is 0.929 bits per heavy atom. The fourth-order valence-corrected chi connectivity index (χ4v) is 4.04. The van der Waals surface area contributed by atoms with Gasteiger partial charge >= 0.3 is 10.1 Å². The Bertz CT molecular complexity index is 1170. The van der Waals surface area contributed by atoms with E-state index in [-0.39, 0.29) is 10.6 Å². The van der Waals surface area contributed by atoms with E-state index in [4.69, 9.17) is 4.18 Å². The molecule has 0 aliphatic heterocycles. The molecule has 28 heavy (non-hydrogen) atoms. The number of hydrogen-bond donors (Lipinski definition) is 0. The normalized spacial score (nSPS) is 11.7. The van der Waals surface area contributed by atoms with E-state index in [1.165, 1.54) is 12.1 Å². The number of nitrogens with zero attached hydrogens (tertiary/aromatic N) is 1. The zero-order valence-corrected chi connectivity index (χ0v) is 18.3. The summed E-state index contributed by atoms with van der Waals surface area (Å²) in [5, 5.41) is 9.58. The van der Waals surface area contributed by atoms with Gasteiger partial charge in [-0.05, 0) is 54.1 Å². The number of allylic oxidation sites excluding steroid dienone is 1. The van der Waals surface area contributed by atoms with Crippen molar-refractivity contribution >= 4 is 53.6 Å². The predicted octanol–water partition coefficient (Wildman–Crippen LogP) is 6.04. The van der Waals surface area contributed by atoms with Crippen LogP contribution in [0, 0.1) is 11.3 Å². The van der Waals surface area contributed by atoms with Crippen molar-refractivity contribution in [3.63, 3.8) is 0 Å². The Labute approximate surface area is 180 Å². The average molecular weight is 519 g/mol. The SMILES string of the molecule is N#C/C(=C\c1cc(Br)ccc1OS(=O)(=O)c1ccccc1)c1ccc(Br)cc1. The van der Waals surface area contributed by atoms with Gasteiger partial charge in [0.2, 0.25) is 0 Å². The molecule has 0 unspecified atom stereocenters. The molecule has 3 aromatic rings. The van der Waals surface area contributed by atoms with Crippen LogP contribution in [0.25, 0.3) is 11.6 Å². The van der Waals surface area contributed by atoms with Crippen LogP contribution >= 0.6 is 31.9 Å². The van der Waals surface area contributed by atoms with E-state index in [2.05, 4.69) is 37.9 Å². The number of benzene rings is 3. The van der Waals surface area contributed by atoms with Gasteiger partial charge in [0.25, 0.3) is 0 Å². The van der Waals surface area contributed by atoms with Gasteiger partial charge in [-0.2, -0.15) is 13.7 Å². The third-order valence-corrected chi connectivity index (χ3v) is 6.05. The number of rotatable bonds is 5. The second-order valence-electron chi connectivity index (χ2n) is 5.71. The summed E-state index contributed by atoms with van der Waals surface area (Å²) < 4.78 is 32.1. The molecule has 0 fully saturated rings. The van der Waals surface area contributed by atoms with Crippen LogP contribution in [0.4, 0.5) is 0 Å². The Hall–Kier alpha value is -2.40. The van der Waals surface area contributed by atoms with Gasteiger partial charge in [-0.3, -0.25) is 0 Å². The second-order valence-corrected chi connectivity index (χ2v) is 9.09. The van der Waals surface area contributed by atoms with Crippen molar-refractivity contribution in [1.82, 2.24) is 0 Å². The second kappa shape index (κ2) is 8.74. The first-order valence-electron chi connectivity index (χ1n) is 8.06. The minimum absolute atomic E-state index is 0.0567. The third kappa shape index (κ3) is 4.90. The van der Waals surface area contributed by atoms with Crippen molar-refractivity contribution in [3.8, 4) is 11.8 Å². The lowest BCUT2D eigenvalue weighted by Gasteiger charge is -2.11. The van der Waals surface area contributed by atoms with Crippen LogP contribution in [-0.2, 0) is 10.1 Å². The van der Waals surface area contributed by atoms with Gasteiger partial charge in [-0.1, -0.05) is 62.2 Å². The largest absolute Gasteiger partial charge is 0.378 e. The molecular formula is C21H13Br2NO3S. The maximum atomic E-state index is 12.6. The first-order chi connectivity index (χ1) is 13.4. The average Bonchev–Trinajstić information content (AvgIpc) is 2.69. The fraction of sp³-hybridized carbons (Fsp3) is 0. The van der Waals surface area contributed by atoms with Crippen molar-refractivity contribution in [1.29, 1.82) is 5.26 Å². The highest BCUT2D eigenvalue weighted by atomic mass is 79.9. The zero-order chi connectivity index (χ0) is 20.1. The molecule has 0 saturated carbocycles. The van der Waals surface area contributed by atoms with Gasteiger partial charge < -0.3 is 4.18 Å². The van der Waals surface area contributed by atoms with E-state index in [1.54, 1.807) is 54.6 Å². The summed E-state index contributed by atoms with van der Waals surface area (Å²) in [5.74, 6) is 0.136. The van der Waals surface area contributed by atoms with Gasteiger partial charge in [0.05, 0.1) is 11.6 Å². The van der Waals surface area contributed by atoms with Crippen LogP contribution in [0.5, 0.6) is 5.75 Å². The van der Waals surface area contributed by atoms with Crippen molar-refractivity contribution in [3.05, 3.63) is 92.9 Å². The first kappa shape index (κ1) is 20.3. The first-order valence-corrected chi connectivity index (χ1v) is 11.1. The highest BCUT2D eigenvalue weighted by Crippen LogP contribution is 2.30. The molecule has 0 atom stereocenters. The van der Waals surface area contributed by atoms with Crippen LogP contribution in [0.15, 0.2) is 86.6 Å². The van der Waals surface area contributed by atoms with Crippen molar-refractivity contribution in [2.45, 2.75) is 4.90 Å². The molecule has 0 saturated heterocycles. The fourth-order valence-electron chi connectivity index (χ4n) is 2.43. The molecule has 0 aliphatic carbocycles. The van der Waals surface area contributed by atoms with E-state index in [9.17, 15) is 13.7 Å². The molecule has 4 nitrogen and oxygen atoms in total. The summed E-state index contributed by atoms with van der Waals surface area (Å²) in [4.78, 5) is 0.0567. The van der Waals surface area contributed by atoms with Crippen LogP contribution < -0.4 is 4.18 Å². The van der Waals surface area contributed by atoms with Gasteiger partial charge in [0, 0.05) is 14.5 Å². The van der Waals surface area contributed by atoms with Crippen LogP contribution in [0.1, 0.15) is 11.1 Å². The molecule has 3 aromatic carbocycles. The van der Waals surface area contributed by atoms with Crippen LogP contribution in [0.2, 0.25) is 0 Å². The summed E-state index contributed by atoms with van der Waals surface area (Å²) in [5.41, 5.74) is 1.56. The summed E-state index contributed by atoms with van der Waals surface area (Å²) in [6, 6.07) is 22.3. The van der Waals surface area contributed by atoms with E-state index >= 15 is 0 Å². The van der Waals surface area contributed by atoms with Crippen LogP contribution in [0.3, 0.4) is 0 Å². The van der Waals surface area contributed by atoms with Gasteiger partial charge in [-0.15, -0.1) is 0 Å². The molecule has 0 aliphatic rings. The zero-order valence-electron chi connectivity index (χ0n) is 14.3. The Kier molecular flexibility index (Phi) is 6.35. The smallest absolute Gasteiger partial charge is 0.339 e. The van der Waals surface area contributed by atoms with E-state index in [0.29, 0.717) is 16.7 Å². The number of hydrogen-bond acceptors (Lipinski definition) is 4. The quantitative estimate of drug-likeness (QED) is 0.234. The molecule has 3 rings (SSSR count). The molecule has 0 spiro atoms. The van der Waals surface area contributed by atoms with E-state index in [0.717, 1.165) is 8.95 Å². The molecule has 140 valence electrons. The number of nitriles is 1. The topological polar surface area (TPSA) is 67.2 Å². The molecule has 7 heteroatoms. The molecule has 0 N–H and O–H groups in total. The summed E-state index contributed by atoms with van der Waals surface area (Å²) in [6.07, 6.45) is 1.60.